The molecule has 0 N–H and O–H groups in total. The molecule has 0 spiro atoms. The fraction of sp³-hybridized carbons (Fsp3) is 0.267. The molecule has 6 nitrogen and oxygen atoms in total. The predicted octanol–water partition coefficient (Wildman–Crippen LogP) is 2.51. The van der Waals surface area contributed by atoms with Gasteiger partial charge in [-0.05, 0) is 31.2 Å². The maximum atomic E-state index is 11.5. The number of carbonyl (C=O) groups is 1. The van der Waals surface area contributed by atoms with E-state index in [1.54, 1.807) is 48.4 Å². The highest BCUT2D eigenvalue weighted by Crippen LogP contribution is 2.21. The maximum absolute atomic E-state index is 11.5. The third-order valence-corrected chi connectivity index (χ3v) is 2.61. The van der Waals surface area contributed by atoms with E-state index >= 15 is 0 Å². The molecule has 1 aromatic carbocycles. The topological polar surface area (TPSA) is 64.6 Å². The number of carbonyl (C=O) groups excluding carboxylic acids is 1. The zero-order valence-corrected chi connectivity index (χ0v) is 12.2. The van der Waals surface area contributed by atoms with Gasteiger partial charge >= 0.3 is 5.97 Å². The van der Waals surface area contributed by atoms with Gasteiger partial charge in [0.2, 0.25) is 11.8 Å². The van der Waals surface area contributed by atoms with Crippen molar-refractivity contribution >= 4 is 11.9 Å². The summed E-state index contributed by atoms with van der Waals surface area (Å²) in [5.41, 5.74) is 0.487. The number of nitrogens with zero attached hydrogens (tertiary/aromatic N) is 3. The SMILES string of the molecule is CCOC(=O)c1ccc(Oc2ccnc(N(C)C)n2)cc1. The molecule has 0 amide bonds. The Kier molecular flexibility index (Phi) is 4.71. The Bertz CT molecular complexity index is 612. The molecule has 1 aromatic heterocycles. The standard InChI is InChI=1S/C15H17N3O3/c1-4-20-14(19)11-5-7-12(8-6-11)21-13-9-10-16-15(17-13)18(2)3/h5-10H,4H2,1-3H3. The van der Waals surface area contributed by atoms with Gasteiger partial charge in [-0.2, -0.15) is 4.98 Å². The van der Waals surface area contributed by atoms with Gasteiger partial charge in [0.1, 0.15) is 5.75 Å². The van der Waals surface area contributed by atoms with Crippen LogP contribution in [0.1, 0.15) is 17.3 Å². The van der Waals surface area contributed by atoms with E-state index in [4.69, 9.17) is 9.47 Å². The summed E-state index contributed by atoms with van der Waals surface area (Å²) >= 11 is 0. The number of aromatic nitrogens is 2. The number of hydrogen-bond acceptors (Lipinski definition) is 6. The minimum atomic E-state index is -0.346. The molecule has 21 heavy (non-hydrogen) atoms. The molecule has 2 aromatic rings. The van der Waals surface area contributed by atoms with Crippen molar-refractivity contribution < 1.29 is 14.3 Å². The number of esters is 1. The van der Waals surface area contributed by atoms with Crippen LogP contribution in [0.4, 0.5) is 5.95 Å². The van der Waals surface area contributed by atoms with E-state index in [2.05, 4.69) is 9.97 Å². The summed E-state index contributed by atoms with van der Waals surface area (Å²) in [6, 6.07) is 8.38. The highest BCUT2D eigenvalue weighted by molar-refractivity contribution is 5.89. The number of hydrogen-bond donors (Lipinski definition) is 0. The van der Waals surface area contributed by atoms with Crippen molar-refractivity contribution in [3.8, 4) is 11.6 Å². The predicted molar refractivity (Wildman–Crippen MR) is 78.8 cm³/mol. The van der Waals surface area contributed by atoms with Gasteiger partial charge in [-0.3, -0.25) is 0 Å². The average molecular weight is 287 g/mol. The fourth-order valence-electron chi connectivity index (χ4n) is 1.60. The summed E-state index contributed by atoms with van der Waals surface area (Å²) in [4.78, 5) is 21.7. The van der Waals surface area contributed by atoms with Crippen molar-refractivity contribution in [2.75, 3.05) is 25.6 Å². The number of rotatable bonds is 5. The van der Waals surface area contributed by atoms with Crippen molar-refractivity contribution in [3.63, 3.8) is 0 Å². The lowest BCUT2D eigenvalue weighted by molar-refractivity contribution is 0.0526. The molecule has 0 atom stereocenters. The second kappa shape index (κ2) is 6.69. The van der Waals surface area contributed by atoms with Gasteiger partial charge in [-0.1, -0.05) is 0 Å². The number of ether oxygens (including phenoxy) is 2. The Morgan fingerprint density at radius 2 is 1.90 bits per heavy atom. The molecule has 0 aliphatic heterocycles. The van der Waals surface area contributed by atoms with Crippen LogP contribution in [0.2, 0.25) is 0 Å². The third kappa shape index (κ3) is 3.92. The van der Waals surface area contributed by atoms with Crippen molar-refractivity contribution in [2.24, 2.45) is 0 Å². The van der Waals surface area contributed by atoms with Crippen LogP contribution in [-0.4, -0.2) is 36.6 Å². The molecule has 1 heterocycles. The summed E-state index contributed by atoms with van der Waals surface area (Å²) < 4.78 is 10.6. The molecule has 0 aliphatic rings. The lowest BCUT2D eigenvalue weighted by Crippen LogP contribution is -2.12. The second-order valence-corrected chi connectivity index (χ2v) is 4.44. The minimum absolute atomic E-state index is 0.346. The van der Waals surface area contributed by atoms with E-state index in [0.29, 0.717) is 29.7 Å². The highest BCUT2D eigenvalue weighted by atomic mass is 16.5. The summed E-state index contributed by atoms with van der Waals surface area (Å²) in [7, 11) is 3.71. The van der Waals surface area contributed by atoms with Crippen LogP contribution in [0.5, 0.6) is 11.6 Å². The van der Waals surface area contributed by atoms with Gasteiger partial charge in [0.15, 0.2) is 0 Å². The van der Waals surface area contributed by atoms with Crippen molar-refractivity contribution in [1.82, 2.24) is 9.97 Å². The Morgan fingerprint density at radius 1 is 1.19 bits per heavy atom. The first-order valence-corrected chi connectivity index (χ1v) is 6.55. The van der Waals surface area contributed by atoms with Gasteiger partial charge in [0, 0.05) is 26.4 Å². The monoisotopic (exact) mass is 287 g/mol. The molecule has 0 saturated carbocycles. The molecular weight excluding hydrogens is 270 g/mol. The van der Waals surface area contributed by atoms with Gasteiger partial charge in [-0.15, -0.1) is 0 Å². The zero-order chi connectivity index (χ0) is 15.2. The second-order valence-electron chi connectivity index (χ2n) is 4.44. The minimum Gasteiger partial charge on any atom is -0.462 e. The lowest BCUT2D eigenvalue weighted by Gasteiger charge is -2.11. The first-order valence-electron chi connectivity index (χ1n) is 6.55. The molecule has 0 saturated heterocycles. The van der Waals surface area contributed by atoms with Crippen LogP contribution in [-0.2, 0) is 4.74 Å². The van der Waals surface area contributed by atoms with E-state index in [-0.39, 0.29) is 5.97 Å². The summed E-state index contributed by atoms with van der Waals surface area (Å²) in [5.74, 6) is 1.25. The van der Waals surface area contributed by atoms with E-state index in [1.807, 2.05) is 14.1 Å². The average Bonchev–Trinajstić information content (AvgIpc) is 2.48. The Hall–Kier alpha value is -2.63. The van der Waals surface area contributed by atoms with Crippen LogP contribution < -0.4 is 9.64 Å². The van der Waals surface area contributed by atoms with Crippen LogP contribution >= 0.6 is 0 Å². The van der Waals surface area contributed by atoms with Crippen LogP contribution in [0.15, 0.2) is 36.5 Å². The molecule has 110 valence electrons. The first kappa shape index (κ1) is 14.8. The normalized spacial score (nSPS) is 10.0. The molecule has 6 heteroatoms. The molecule has 0 aliphatic carbocycles. The van der Waals surface area contributed by atoms with Gasteiger partial charge in [0.05, 0.1) is 12.2 Å². The van der Waals surface area contributed by atoms with Crippen LogP contribution in [0, 0.1) is 0 Å². The lowest BCUT2D eigenvalue weighted by atomic mass is 10.2. The summed E-state index contributed by atoms with van der Waals surface area (Å²) in [5, 5.41) is 0. The van der Waals surface area contributed by atoms with Gasteiger partial charge < -0.3 is 14.4 Å². The Morgan fingerprint density at radius 3 is 2.52 bits per heavy atom. The first-order chi connectivity index (χ1) is 10.1. The molecule has 0 fully saturated rings. The van der Waals surface area contributed by atoms with Gasteiger partial charge in [0.25, 0.3) is 0 Å². The van der Waals surface area contributed by atoms with E-state index < -0.39 is 0 Å². The van der Waals surface area contributed by atoms with Crippen LogP contribution in [0.25, 0.3) is 0 Å². The maximum Gasteiger partial charge on any atom is 0.338 e. The molecule has 0 unspecified atom stereocenters. The Labute approximate surface area is 123 Å². The van der Waals surface area contributed by atoms with Crippen molar-refractivity contribution in [3.05, 3.63) is 42.1 Å². The van der Waals surface area contributed by atoms with Crippen molar-refractivity contribution in [1.29, 1.82) is 0 Å². The number of benzene rings is 1. The van der Waals surface area contributed by atoms with Gasteiger partial charge in [-0.25, -0.2) is 9.78 Å². The quantitative estimate of drug-likeness (QED) is 0.787. The van der Waals surface area contributed by atoms with E-state index in [9.17, 15) is 4.79 Å². The fourth-order valence-corrected chi connectivity index (χ4v) is 1.60. The van der Waals surface area contributed by atoms with E-state index in [0.717, 1.165) is 0 Å². The molecule has 2 rings (SSSR count). The molecule has 0 bridgehead atoms. The van der Waals surface area contributed by atoms with E-state index in [1.165, 1.54) is 0 Å². The molecular formula is C15H17N3O3. The largest absolute Gasteiger partial charge is 0.462 e. The third-order valence-electron chi connectivity index (χ3n) is 2.61. The highest BCUT2D eigenvalue weighted by Gasteiger charge is 2.07. The number of anilines is 1. The molecule has 0 radical (unpaired) electrons. The zero-order valence-electron chi connectivity index (χ0n) is 12.2. The van der Waals surface area contributed by atoms with Crippen molar-refractivity contribution in [2.45, 2.75) is 6.92 Å². The summed E-state index contributed by atoms with van der Waals surface area (Å²) in [6.07, 6.45) is 1.63. The Balaban J connectivity index is 2.10. The van der Waals surface area contributed by atoms with Crippen LogP contribution in [0.3, 0.4) is 0 Å². The smallest absolute Gasteiger partial charge is 0.338 e. The summed E-state index contributed by atoms with van der Waals surface area (Å²) in [6.45, 7) is 2.12.